The lowest BCUT2D eigenvalue weighted by molar-refractivity contribution is 0.214. The Hall–Kier alpha value is -1.88. The van der Waals surface area contributed by atoms with E-state index in [1.54, 1.807) is 12.1 Å². The normalized spacial score (nSPS) is 12.7. The fourth-order valence-electron chi connectivity index (χ4n) is 1.11. The highest BCUT2D eigenvalue weighted by molar-refractivity contribution is 6.48. The molecule has 5 nitrogen and oxygen atoms in total. The number of aliphatic hydroxyl groups is 1. The summed E-state index contributed by atoms with van der Waals surface area (Å²) >= 11 is 0. The Kier molecular flexibility index (Phi) is 4.30. The fraction of sp³-hybridized carbons (Fsp3) is 0.200. The van der Waals surface area contributed by atoms with Gasteiger partial charge in [0.05, 0.1) is 6.61 Å². The van der Waals surface area contributed by atoms with Crippen molar-refractivity contribution in [1.82, 2.24) is 0 Å². The maximum absolute atomic E-state index is 8.96. The average molecular weight is 208 g/mol. The predicted molar refractivity (Wildman–Crippen MR) is 56.3 cm³/mol. The largest absolute Gasteiger partial charge is 0.411 e. The summed E-state index contributed by atoms with van der Waals surface area (Å²) < 4.78 is 0. The van der Waals surface area contributed by atoms with Crippen LogP contribution in [0.4, 0.5) is 0 Å². The molecule has 80 valence electrons. The van der Waals surface area contributed by atoms with E-state index in [-0.39, 0.29) is 5.71 Å². The van der Waals surface area contributed by atoms with E-state index in [1.807, 2.05) is 18.2 Å². The SMILES string of the molecule is CO/N=C(\C(CO)=N\O)c1ccccc1. The van der Waals surface area contributed by atoms with Crippen LogP contribution < -0.4 is 0 Å². The standard InChI is InChI=1S/C10H12N2O3/c1-15-12-10(9(7-13)11-14)8-5-3-2-4-6-8/h2-6,13-14H,7H2,1H3/b11-9+,12-10-. The van der Waals surface area contributed by atoms with E-state index in [1.165, 1.54) is 7.11 Å². The molecular weight excluding hydrogens is 196 g/mol. The zero-order chi connectivity index (χ0) is 11.1. The molecule has 0 aliphatic carbocycles. The maximum Gasteiger partial charge on any atom is 0.137 e. The van der Waals surface area contributed by atoms with Crippen LogP contribution in [0, 0.1) is 0 Å². The summed E-state index contributed by atoms with van der Waals surface area (Å²) in [7, 11) is 1.38. The Morgan fingerprint density at radius 2 is 2.00 bits per heavy atom. The lowest BCUT2D eigenvalue weighted by Gasteiger charge is -2.04. The number of hydrogen-bond acceptors (Lipinski definition) is 5. The van der Waals surface area contributed by atoms with E-state index >= 15 is 0 Å². The van der Waals surface area contributed by atoms with Crippen LogP contribution in [0.3, 0.4) is 0 Å². The first kappa shape index (κ1) is 11.2. The summed E-state index contributed by atoms with van der Waals surface area (Å²) in [5.74, 6) is 0. The van der Waals surface area contributed by atoms with Gasteiger partial charge in [-0.3, -0.25) is 0 Å². The van der Waals surface area contributed by atoms with Crippen LogP contribution in [0.15, 0.2) is 40.6 Å². The van der Waals surface area contributed by atoms with Crippen LogP contribution in [-0.4, -0.2) is 35.5 Å². The first-order chi connectivity index (χ1) is 7.33. The number of rotatable bonds is 4. The van der Waals surface area contributed by atoms with Gasteiger partial charge in [0.25, 0.3) is 0 Å². The molecule has 1 aromatic rings. The number of nitrogens with zero attached hydrogens (tertiary/aromatic N) is 2. The van der Waals surface area contributed by atoms with E-state index in [2.05, 4.69) is 15.1 Å². The van der Waals surface area contributed by atoms with Gasteiger partial charge in [0, 0.05) is 5.56 Å². The third-order valence-electron chi connectivity index (χ3n) is 1.77. The van der Waals surface area contributed by atoms with Crippen molar-refractivity contribution in [3.63, 3.8) is 0 Å². The lowest BCUT2D eigenvalue weighted by Crippen LogP contribution is -2.20. The molecule has 0 saturated heterocycles. The van der Waals surface area contributed by atoms with Gasteiger partial charge in [-0.25, -0.2) is 0 Å². The van der Waals surface area contributed by atoms with Crippen molar-refractivity contribution >= 4 is 11.4 Å². The lowest BCUT2D eigenvalue weighted by atomic mass is 10.1. The summed E-state index contributed by atoms with van der Waals surface area (Å²) in [6.07, 6.45) is 0. The van der Waals surface area contributed by atoms with Crippen molar-refractivity contribution in [3.8, 4) is 0 Å². The number of aliphatic hydroxyl groups excluding tert-OH is 1. The summed E-state index contributed by atoms with van der Waals surface area (Å²) in [6.45, 7) is -0.409. The van der Waals surface area contributed by atoms with Gasteiger partial charge in [0.1, 0.15) is 18.5 Å². The quantitative estimate of drug-likeness (QED) is 0.438. The smallest absolute Gasteiger partial charge is 0.137 e. The Morgan fingerprint density at radius 1 is 1.33 bits per heavy atom. The Morgan fingerprint density at radius 3 is 2.47 bits per heavy atom. The van der Waals surface area contributed by atoms with Gasteiger partial charge in [-0.15, -0.1) is 0 Å². The van der Waals surface area contributed by atoms with Crippen LogP contribution in [-0.2, 0) is 4.84 Å². The summed E-state index contributed by atoms with van der Waals surface area (Å²) in [6, 6.07) is 9.03. The van der Waals surface area contributed by atoms with Crippen molar-refractivity contribution in [2.24, 2.45) is 10.3 Å². The van der Waals surface area contributed by atoms with E-state index in [0.717, 1.165) is 0 Å². The van der Waals surface area contributed by atoms with Gasteiger partial charge >= 0.3 is 0 Å². The molecule has 15 heavy (non-hydrogen) atoms. The number of oxime groups is 2. The van der Waals surface area contributed by atoms with E-state index in [4.69, 9.17) is 10.3 Å². The monoisotopic (exact) mass is 208 g/mol. The second-order valence-electron chi connectivity index (χ2n) is 2.69. The Labute approximate surface area is 87.3 Å². The van der Waals surface area contributed by atoms with Crippen molar-refractivity contribution in [2.45, 2.75) is 0 Å². The molecule has 0 aliphatic rings. The third-order valence-corrected chi connectivity index (χ3v) is 1.77. The molecule has 1 rings (SSSR count). The van der Waals surface area contributed by atoms with Crippen molar-refractivity contribution < 1.29 is 15.2 Å². The van der Waals surface area contributed by atoms with Crippen LogP contribution >= 0.6 is 0 Å². The molecule has 2 N–H and O–H groups in total. The molecule has 0 radical (unpaired) electrons. The average Bonchev–Trinajstić information content (AvgIpc) is 2.30. The molecule has 1 aromatic carbocycles. The summed E-state index contributed by atoms with van der Waals surface area (Å²) in [5, 5.41) is 24.3. The molecule has 0 aromatic heterocycles. The molecule has 5 heteroatoms. The molecule has 0 fully saturated rings. The maximum atomic E-state index is 8.96. The highest BCUT2D eigenvalue weighted by atomic mass is 16.6. The van der Waals surface area contributed by atoms with Gasteiger partial charge in [-0.2, -0.15) is 0 Å². The van der Waals surface area contributed by atoms with Gasteiger partial charge < -0.3 is 15.2 Å². The molecule has 0 heterocycles. The molecule has 0 bridgehead atoms. The molecule has 0 spiro atoms. The second-order valence-corrected chi connectivity index (χ2v) is 2.69. The zero-order valence-electron chi connectivity index (χ0n) is 8.29. The number of hydrogen-bond donors (Lipinski definition) is 2. The van der Waals surface area contributed by atoms with Crippen LogP contribution in [0.25, 0.3) is 0 Å². The van der Waals surface area contributed by atoms with Crippen LogP contribution in [0.2, 0.25) is 0 Å². The second kappa shape index (κ2) is 5.77. The van der Waals surface area contributed by atoms with Crippen molar-refractivity contribution in [3.05, 3.63) is 35.9 Å². The van der Waals surface area contributed by atoms with E-state index < -0.39 is 6.61 Å². The Balaban J connectivity index is 3.10. The van der Waals surface area contributed by atoms with Crippen LogP contribution in [0.1, 0.15) is 5.56 Å². The first-order valence-corrected chi connectivity index (χ1v) is 4.32. The van der Waals surface area contributed by atoms with Crippen molar-refractivity contribution in [1.29, 1.82) is 0 Å². The van der Waals surface area contributed by atoms with E-state index in [0.29, 0.717) is 11.3 Å². The third kappa shape index (κ3) is 2.78. The van der Waals surface area contributed by atoms with Gasteiger partial charge in [0.15, 0.2) is 0 Å². The summed E-state index contributed by atoms with van der Waals surface area (Å²) in [5.41, 5.74) is 1.08. The van der Waals surface area contributed by atoms with Gasteiger partial charge in [0.2, 0.25) is 0 Å². The van der Waals surface area contributed by atoms with E-state index in [9.17, 15) is 0 Å². The fourth-order valence-corrected chi connectivity index (χ4v) is 1.11. The minimum Gasteiger partial charge on any atom is -0.411 e. The molecule has 0 aliphatic heterocycles. The molecule has 0 unspecified atom stereocenters. The van der Waals surface area contributed by atoms with Gasteiger partial charge in [-0.1, -0.05) is 40.6 Å². The first-order valence-electron chi connectivity index (χ1n) is 4.32. The topological polar surface area (TPSA) is 74.4 Å². The number of benzene rings is 1. The molecule has 0 saturated carbocycles. The molecule has 0 atom stereocenters. The minimum absolute atomic E-state index is 0.0584. The highest BCUT2D eigenvalue weighted by Gasteiger charge is 2.12. The van der Waals surface area contributed by atoms with Crippen LogP contribution in [0.5, 0.6) is 0 Å². The minimum atomic E-state index is -0.409. The highest BCUT2D eigenvalue weighted by Crippen LogP contribution is 2.03. The molecular formula is C10H12N2O3. The predicted octanol–water partition coefficient (Wildman–Crippen LogP) is 0.860. The zero-order valence-corrected chi connectivity index (χ0v) is 8.29. The summed E-state index contributed by atoms with van der Waals surface area (Å²) in [4.78, 5) is 4.63. The van der Waals surface area contributed by atoms with Gasteiger partial charge in [-0.05, 0) is 0 Å². The van der Waals surface area contributed by atoms with Crippen molar-refractivity contribution in [2.75, 3.05) is 13.7 Å². The molecule has 0 amide bonds. The Bertz CT molecular complexity index is 360.